The average Bonchev–Trinajstić information content (AvgIpc) is 2.37. The van der Waals surface area contributed by atoms with Crippen LogP contribution in [0.15, 0.2) is 30.3 Å². The fourth-order valence-corrected chi connectivity index (χ4v) is 1.84. The molecular weight excluding hydrogens is 221 g/mol. The quantitative estimate of drug-likeness (QED) is 0.556. The average molecular weight is 237 g/mol. The molecule has 0 aromatic heterocycles. The molecule has 1 aliphatic heterocycles. The second-order valence-corrected chi connectivity index (χ2v) is 4.17. The molecular formula is C13H16FNO2. The van der Waals surface area contributed by atoms with Gasteiger partial charge in [-0.3, -0.25) is 9.18 Å². The lowest BCUT2D eigenvalue weighted by Gasteiger charge is -2.36. The molecule has 0 aliphatic carbocycles. The molecule has 1 heterocycles. The van der Waals surface area contributed by atoms with Gasteiger partial charge in [0.1, 0.15) is 6.67 Å². The molecule has 0 radical (unpaired) electrons. The second kappa shape index (κ2) is 5.77. The summed E-state index contributed by atoms with van der Waals surface area (Å²) in [7, 11) is 0. The van der Waals surface area contributed by atoms with E-state index in [0.717, 1.165) is 5.56 Å². The first-order valence-electron chi connectivity index (χ1n) is 5.77. The van der Waals surface area contributed by atoms with Crippen molar-refractivity contribution in [3.63, 3.8) is 0 Å². The second-order valence-electron chi connectivity index (χ2n) is 4.17. The maximum atomic E-state index is 12.2. The van der Waals surface area contributed by atoms with E-state index >= 15 is 0 Å². The van der Waals surface area contributed by atoms with Crippen LogP contribution < -0.4 is 0 Å². The molecule has 1 saturated heterocycles. The molecule has 1 aliphatic rings. The number of alkyl halides is 1. The normalized spacial score (nSPS) is 19.2. The predicted octanol–water partition coefficient (Wildman–Crippen LogP) is 1.63. The molecule has 1 amide bonds. The van der Waals surface area contributed by atoms with Crippen LogP contribution in [0.2, 0.25) is 0 Å². The topological polar surface area (TPSA) is 29.5 Å². The van der Waals surface area contributed by atoms with Crippen LogP contribution >= 0.6 is 0 Å². The minimum absolute atomic E-state index is 0.0872. The van der Waals surface area contributed by atoms with E-state index in [9.17, 15) is 9.18 Å². The van der Waals surface area contributed by atoms with Crippen molar-refractivity contribution in [3.05, 3.63) is 35.9 Å². The van der Waals surface area contributed by atoms with Gasteiger partial charge in [-0.25, -0.2) is 0 Å². The third kappa shape index (κ3) is 3.03. The van der Waals surface area contributed by atoms with Crippen LogP contribution in [0, 0.1) is 5.92 Å². The molecule has 3 nitrogen and oxygen atoms in total. The number of amides is 1. The van der Waals surface area contributed by atoms with Gasteiger partial charge in [-0.05, 0) is 5.56 Å². The molecule has 4 heteroatoms. The van der Waals surface area contributed by atoms with Crippen LogP contribution in [0.4, 0.5) is 4.39 Å². The highest BCUT2D eigenvalue weighted by molar-refractivity contribution is 5.84. The lowest BCUT2D eigenvalue weighted by molar-refractivity contribution is -0.149. The third-order valence-electron chi connectivity index (χ3n) is 2.91. The predicted molar refractivity (Wildman–Crippen MR) is 62.1 cm³/mol. The van der Waals surface area contributed by atoms with Crippen LogP contribution in [0.3, 0.4) is 0 Å². The Bertz CT molecular complexity index is 369. The van der Waals surface area contributed by atoms with E-state index in [0.29, 0.717) is 26.3 Å². The summed E-state index contributed by atoms with van der Waals surface area (Å²) in [6, 6.07) is 9.87. The highest BCUT2D eigenvalue weighted by Crippen LogP contribution is 2.17. The molecule has 17 heavy (non-hydrogen) atoms. The summed E-state index contributed by atoms with van der Waals surface area (Å²) < 4.78 is 17.6. The maximum absolute atomic E-state index is 12.2. The van der Waals surface area contributed by atoms with Crippen LogP contribution in [-0.2, 0) is 16.1 Å². The molecule has 0 N–H and O–H groups in total. The van der Waals surface area contributed by atoms with Crippen LogP contribution in [0.1, 0.15) is 5.56 Å². The summed E-state index contributed by atoms with van der Waals surface area (Å²) in [5.41, 5.74) is 1.11. The summed E-state index contributed by atoms with van der Waals surface area (Å²) in [5, 5.41) is 0. The Morgan fingerprint density at radius 2 is 2.12 bits per heavy atom. The van der Waals surface area contributed by atoms with Gasteiger partial charge in [0.05, 0.1) is 19.1 Å². The van der Waals surface area contributed by atoms with Gasteiger partial charge in [-0.15, -0.1) is 0 Å². The Morgan fingerprint density at radius 3 is 2.76 bits per heavy atom. The Hall–Kier alpha value is -1.42. The van der Waals surface area contributed by atoms with Crippen molar-refractivity contribution < 1.29 is 13.9 Å². The highest BCUT2D eigenvalue weighted by atomic mass is 19.1. The standard InChI is InChI=1S/C13H16FNO2/c14-8-12-9-15(13(12)16)6-7-17-10-11-4-2-1-3-5-11/h1-5,12H,6-10H2. The van der Waals surface area contributed by atoms with Gasteiger partial charge in [0.2, 0.25) is 5.91 Å². The number of rotatable bonds is 6. The minimum Gasteiger partial charge on any atom is -0.375 e. The zero-order valence-electron chi connectivity index (χ0n) is 9.64. The number of halogens is 1. The van der Waals surface area contributed by atoms with Crippen LogP contribution in [0.25, 0.3) is 0 Å². The largest absolute Gasteiger partial charge is 0.375 e. The van der Waals surface area contributed by atoms with E-state index in [1.165, 1.54) is 0 Å². The van der Waals surface area contributed by atoms with Crippen LogP contribution in [-0.4, -0.2) is 37.2 Å². The van der Waals surface area contributed by atoms with Gasteiger partial charge < -0.3 is 9.64 Å². The number of hydrogen-bond acceptors (Lipinski definition) is 2. The zero-order valence-corrected chi connectivity index (χ0v) is 9.64. The Labute approximate surface area is 100 Å². The van der Waals surface area contributed by atoms with E-state index in [4.69, 9.17) is 4.74 Å². The Morgan fingerprint density at radius 1 is 1.35 bits per heavy atom. The van der Waals surface area contributed by atoms with Gasteiger partial charge in [-0.1, -0.05) is 30.3 Å². The molecule has 0 bridgehead atoms. The first-order chi connectivity index (χ1) is 8.31. The van der Waals surface area contributed by atoms with E-state index in [1.807, 2.05) is 30.3 Å². The van der Waals surface area contributed by atoms with Crippen molar-refractivity contribution in [2.45, 2.75) is 6.61 Å². The summed E-state index contributed by atoms with van der Waals surface area (Å²) in [4.78, 5) is 12.9. The fraction of sp³-hybridized carbons (Fsp3) is 0.462. The van der Waals surface area contributed by atoms with Crippen molar-refractivity contribution in [1.29, 1.82) is 0 Å². The number of likely N-dealkylation sites (tertiary alicyclic amines) is 1. The summed E-state index contributed by atoms with van der Waals surface area (Å²) in [6.45, 7) is 1.60. The molecule has 1 atom stereocenters. The number of benzene rings is 1. The number of hydrogen-bond donors (Lipinski definition) is 0. The lowest BCUT2D eigenvalue weighted by Crippen LogP contribution is -2.54. The van der Waals surface area contributed by atoms with E-state index in [1.54, 1.807) is 4.90 Å². The molecule has 1 aromatic rings. The van der Waals surface area contributed by atoms with Crippen LogP contribution in [0.5, 0.6) is 0 Å². The van der Waals surface area contributed by atoms with Gasteiger partial charge >= 0.3 is 0 Å². The number of ether oxygens (including phenoxy) is 1. The number of β-lactam (4-membered cyclic amide) rings is 1. The molecule has 2 rings (SSSR count). The van der Waals surface area contributed by atoms with E-state index < -0.39 is 12.6 Å². The summed E-state index contributed by atoms with van der Waals surface area (Å²) in [6.07, 6.45) is 0. The number of nitrogens with zero attached hydrogens (tertiary/aromatic N) is 1. The molecule has 1 fully saturated rings. The first-order valence-corrected chi connectivity index (χ1v) is 5.77. The Balaban J connectivity index is 1.60. The monoisotopic (exact) mass is 237 g/mol. The molecule has 92 valence electrons. The molecule has 0 saturated carbocycles. The number of carbonyl (C=O) groups is 1. The minimum atomic E-state index is -0.541. The van der Waals surface area contributed by atoms with Crippen molar-refractivity contribution in [3.8, 4) is 0 Å². The van der Waals surface area contributed by atoms with Gasteiger partial charge in [0.25, 0.3) is 0 Å². The van der Waals surface area contributed by atoms with Crippen molar-refractivity contribution in [2.75, 3.05) is 26.4 Å². The zero-order chi connectivity index (χ0) is 12.1. The molecule has 0 spiro atoms. The molecule has 1 unspecified atom stereocenters. The maximum Gasteiger partial charge on any atom is 0.230 e. The van der Waals surface area contributed by atoms with E-state index in [-0.39, 0.29) is 5.91 Å². The lowest BCUT2D eigenvalue weighted by atomic mass is 10.0. The van der Waals surface area contributed by atoms with Crippen molar-refractivity contribution in [1.82, 2.24) is 4.90 Å². The smallest absolute Gasteiger partial charge is 0.230 e. The first kappa shape index (κ1) is 12.0. The highest BCUT2D eigenvalue weighted by Gasteiger charge is 2.35. The van der Waals surface area contributed by atoms with Crippen molar-refractivity contribution >= 4 is 5.91 Å². The number of carbonyl (C=O) groups excluding carboxylic acids is 1. The van der Waals surface area contributed by atoms with Gasteiger partial charge in [-0.2, -0.15) is 0 Å². The SMILES string of the molecule is O=C1C(CF)CN1CCOCc1ccccc1. The Kier molecular flexibility index (Phi) is 4.09. The van der Waals surface area contributed by atoms with Gasteiger partial charge in [0, 0.05) is 13.1 Å². The summed E-state index contributed by atoms with van der Waals surface area (Å²) >= 11 is 0. The van der Waals surface area contributed by atoms with E-state index in [2.05, 4.69) is 0 Å². The fourth-order valence-electron chi connectivity index (χ4n) is 1.84. The molecule has 1 aromatic carbocycles. The summed E-state index contributed by atoms with van der Waals surface area (Å²) in [5.74, 6) is -0.486. The van der Waals surface area contributed by atoms with Gasteiger partial charge in [0.15, 0.2) is 0 Å². The van der Waals surface area contributed by atoms with Crippen molar-refractivity contribution in [2.24, 2.45) is 5.92 Å². The third-order valence-corrected chi connectivity index (χ3v) is 2.91.